The summed E-state index contributed by atoms with van der Waals surface area (Å²) in [6.07, 6.45) is 1.58. The van der Waals surface area contributed by atoms with Gasteiger partial charge in [-0.1, -0.05) is 37.3 Å². The van der Waals surface area contributed by atoms with Crippen molar-refractivity contribution in [3.8, 4) is 0 Å². The molecule has 1 saturated carbocycles. The molecular formula is C16H21NO3. The minimum Gasteiger partial charge on any atom is -0.481 e. The van der Waals surface area contributed by atoms with Crippen molar-refractivity contribution in [2.24, 2.45) is 11.8 Å². The number of rotatable bonds is 7. The summed E-state index contributed by atoms with van der Waals surface area (Å²) in [5.74, 6) is -0.0209. The third kappa shape index (κ3) is 4.08. The molecule has 0 bridgehead atoms. The van der Waals surface area contributed by atoms with Crippen LogP contribution in [-0.4, -0.2) is 28.4 Å². The topological polar surface area (TPSA) is 57.6 Å². The van der Waals surface area contributed by atoms with Crippen LogP contribution in [0.15, 0.2) is 30.3 Å². The van der Waals surface area contributed by atoms with E-state index >= 15 is 0 Å². The van der Waals surface area contributed by atoms with E-state index < -0.39 is 5.97 Å². The maximum absolute atomic E-state index is 12.4. The number of aliphatic carboxylic acids is 1. The van der Waals surface area contributed by atoms with E-state index in [1.165, 1.54) is 0 Å². The molecule has 1 aromatic rings. The van der Waals surface area contributed by atoms with Crippen LogP contribution in [0.25, 0.3) is 0 Å². The molecular weight excluding hydrogens is 254 g/mol. The number of benzene rings is 1. The largest absolute Gasteiger partial charge is 0.481 e. The molecule has 2 rings (SSSR count). The maximum Gasteiger partial charge on any atom is 0.303 e. The first-order valence-corrected chi connectivity index (χ1v) is 7.12. The fourth-order valence-electron chi connectivity index (χ4n) is 2.39. The zero-order valence-electron chi connectivity index (χ0n) is 11.8. The van der Waals surface area contributed by atoms with Crippen molar-refractivity contribution in [3.63, 3.8) is 0 Å². The van der Waals surface area contributed by atoms with Crippen LogP contribution < -0.4 is 0 Å². The zero-order valence-corrected chi connectivity index (χ0v) is 11.8. The molecule has 0 saturated heterocycles. The standard InChI is InChI=1S/C16H21NO3/c1-12-10-14(12)16(20)17(9-5-8-15(18)19)11-13-6-3-2-4-7-13/h2-4,6-7,12,14H,5,8-11H2,1H3,(H,18,19)/t12-,14-/m0/s1. The molecule has 0 spiro atoms. The number of carbonyl (C=O) groups is 2. The molecule has 2 atom stereocenters. The number of carbonyl (C=O) groups excluding carboxylic acids is 1. The van der Waals surface area contributed by atoms with Crippen LogP contribution >= 0.6 is 0 Å². The highest BCUT2D eigenvalue weighted by molar-refractivity contribution is 5.81. The summed E-state index contributed by atoms with van der Waals surface area (Å²) < 4.78 is 0. The molecule has 1 aliphatic rings. The molecule has 0 heterocycles. The second-order valence-electron chi connectivity index (χ2n) is 5.56. The molecule has 1 aliphatic carbocycles. The number of hydrogen-bond acceptors (Lipinski definition) is 2. The van der Waals surface area contributed by atoms with Crippen molar-refractivity contribution in [2.75, 3.05) is 6.54 Å². The van der Waals surface area contributed by atoms with Crippen molar-refractivity contribution in [2.45, 2.75) is 32.7 Å². The minimum atomic E-state index is -0.808. The lowest BCUT2D eigenvalue weighted by Crippen LogP contribution is -2.33. The van der Waals surface area contributed by atoms with Gasteiger partial charge in [0, 0.05) is 25.4 Å². The highest BCUT2D eigenvalue weighted by atomic mass is 16.4. The molecule has 1 fully saturated rings. The second kappa shape index (κ2) is 6.55. The normalized spacial score (nSPS) is 20.4. The van der Waals surface area contributed by atoms with E-state index in [1.54, 1.807) is 0 Å². The molecule has 0 aromatic heterocycles. The Morgan fingerprint density at radius 1 is 1.30 bits per heavy atom. The van der Waals surface area contributed by atoms with Gasteiger partial charge in [-0.15, -0.1) is 0 Å². The van der Waals surface area contributed by atoms with Gasteiger partial charge in [-0.2, -0.15) is 0 Å². The van der Waals surface area contributed by atoms with Crippen molar-refractivity contribution in [1.82, 2.24) is 4.90 Å². The van der Waals surface area contributed by atoms with Crippen molar-refractivity contribution in [1.29, 1.82) is 0 Å². The first-order chi connectivity index (χ1) is 9.58. The first kappa shape index (κ1) is 14.6. The predicted molar refractivity (Wildman–Crippen MR) is 76.0 cm³/mol. The maximum atomic E-state index is 12.4. The Bertz CT molecular complexity index is 472. The summed E-state index contributed by atoms with van der Waals surface area (Å²) in [5, 5.41) is 8.71. The van der Waals surface area contributed by atoms with Crippen LogP contribution in [0.1, 0.15) is 31.7 Å². The Labute approximate surface area is 119 Å². The van der Waals surface area contributed by atoms with Crippen LogP contribution in [0.5, 0.6) is 0 Å². The lowest BCUT2D eigenvalue weighted by atomic mass is 10.2. The monoisotopic (exact) mass is 275 g/mol. The third-order valence-corrected chi connectivity index (χ3v) is 3.77. The highest BCUT2D eigenvalue weighted by Gasteiger charge is 2.41. The van der Waals surface area contributed by atoms with Gasteiger partial charge in [-0.25, -0.2) is 0 Å². The molecule has 0 aliphatic heterocycles. The van der Waals surface area contributed by atoms with Gasteiger partial charge in [0.1, 0.15) is 0 Å². The quantitative estimate of drug-likeness (QED) is 0.832. The molecule has 0 unspecified atom stereocenters. The summed E-state index contributed by atoms with van der Waals surface area (Å²) in [6, 6.07) is 9.84. The van der Waals surface area contributed by atoms with Gasteiger partial charge >= 0.3 is 5.97 Å². The smallest absolute Gasteiger partial charge is 0.303 e. The summed E-state index contributed by atoms with van der Waals surface area (Å²) in [7, 11) is 0. The van der Waals surface area contributed by atoms with Crippen molar-refractivity contribution in [3.05, 3.63) is 35.9 Å². The summed E-state index contributed by atoms with van der Waals surface area (Å²) in [6.45, 7) is 3.17. The van der Waals surface area contributed by atoms with Gasteiger partial charge in [-0.3, -0.25) is 9.59 Å². The molecule has 108 valence electrons. The second-order valence-corrected chi connectivity index (χ2v) is 5.56. The van der Waals surface area contributed by atoms with Crippen LogP contribution in [0.3, 0.4) is 0 Å². The Kier molecular flexibility index (Phi) is 4.77. The molecule has 4 nitrogen and oxygen atoms in total. The van der Waals surface area contributed by atoms with Gasteiger partial charge in [0.05, 0.1) is 0 Å². The van der Waals surface area contributed by atoms with Crippen LogP contribution in [-0.2, 0) is 16.1 Å². The van der Waals surface area contributed by atoms with Gasteiger partial charge in [0.15, 0.2) is 0 Å². The van der Waals surface area contributed by atoms with E-state index in [4.69, 9.17) is 5.11 Å². The summed E-state index contributed by atoms with van der Waals surface area (Å²) in [4.78, 5) is 24.8. The number of nitrogens with zero attached hydrogens (tertiary/aromatic N) is 1. The third-order valence-electron chi connectivity index (χ3n) is 3.77. The summed E-state index contributed by atoms with van der Waals surface area (Å²) in [5.41, 5.74) is 1.09. The molecule has 1 aromatic carbocycles. The fraction of sp³-hybridized carbons (Fsp3) is 0.500. The molecule has 0 radical (unpaired) electrons. The SMILES string of the molecule is C[C@H]1C[C@@H]1C(=O)N(CCCC(=O)O)Cc1ccccc1. The average molecular weight is 275 g/mol. The van der Waals surface area contributed by atoms with E-state index in [9.17, 15) is 9.59 Å². The number of carboxylic acids is 1. The van der Waals surface area contributed by atoms with Crippen molar-refractivity contribution >= 4 is 11.9 Å². The van der Waals surface area contributed by atoms with Crippen molar-refractivity contribution < 1.29 is 14.7 Å². The Morgan fingerprint density at radius 3 is 2.50 bits per heavy atom. The van der Waals surface area contributed by atoms with Gasteiger partial charge < -0.3 is 10.0 Å². The zero-order chi connectivity index (χ0) is 14.5. The highest BCUT2D eigenvalue weighted by Crippen LogP contribution is 2.39. The number of carboxylic acid groups (broad SMARTS) is 1. The minimum absolute atomic E-state index is 0.110. The summed E-state index contributed by atoms with van der Waals surface area (Å²) >= 11 is 0. The molecule has 1 N–H and O–H groups in total. The van der Waals surface area contributed by atoms with E-state index in [1.807, 2.05) is 35.2 Å². The number of hydrogen-bond donors (Lipinski definition) is 1. The fourth-order valence-corrected chi connectivity index (χ4v) is 2.39. The Balaban J connectivity index is 1.96. The predicted octanol–water partition coefficient (Wildman–Crippen LogP) is 2.54. The average Bonchev–Trinajstić information content (AvgIpc) is 3.15. The van der Waals surface area contributed by atoms with Gasteiger partial charge in [-0.05, 0) is 24.3 Å². The molecule has 1 amide bonds. The van der Waals surface area contributed by atoms with Gasteiger partial charge in [0.2, 0.25) is 5.91 Å². The Hall–Kier alpha value is -1.84. The number of amides is 1. The van der Waals surface area contributed by atoms with Crippen LogP contribution in [0.4, 0.5) is 0 Å². The first-order valence-electron chi connectivity index (χ1n) is 7.12. The van der Waals surface area contributed by atoms with E-state index in [-0.39, 0.29) is 18.2 Å². The van der Waals surface area contributed by atoms with E-state index in [2.05, 4.69) is 6.92 Å². The lowest BCUT2D eigenvalue weighted by Gasteiger charge is -2.23. The van der Waals surface area contributed by atoms with E-state index in [0.717, 1.165) is 12.0 Å². The van der Waals surface area contributed by atoms with E-state index in [0.29, 0.717) is 25.4 Å². The van der Waals surface area contributed by atoms with Crippen LogP contribution in [0.2, 0.25) is 0 Å². The van der Waals surface area contributed by atoms with Crippen LogP contribution in [0, 0.1) is 11.8 Å². The lowest BCUT2D eigenvalue weighted by molar-refractivity contribution is -0.138. The Morgan fingerprint density at radius 2 is 1.95 bits per heavy atom. The van der Waals surface area contributed by atoms with Gasteiger partial charge in [0.25, 0.3) is 0 Å². The molecule has 20 heavy (non-hydrogen) atoms. The molecule has 4 heteroatoms.